The number of rotatable bonds is 2. The van der Waals surface area contributed by atoms with Crippen molar-refractivity contribution >= 4 is 29.9 Å². The zero-order chi connectivity index (χ0) is 14.0. The third-order valence-corrected chi connectivity index (χ3v) is 3.67. The van der Waals surface area contributed by atoms with Gasteiger partial charge in [-0.15, -0.1) is 12.4 Å². The first-order valence-electron chi connectivity index (χ1n) is 6.09. The zero-order valence-electron chi connectivity index (χ0n) is 10.9. The molecule has 1 aliphatic rings. The van der Waals surface area contributed by atoms with Crippen LogP contribution < -0.4 is 10.6 Å². The van der Waals surface area contributed by atoms with Crippen LogP contribution in [-0.2, 0) is 0 Å². The lowest BCUT2D eigenvalue weighted by molar-refractivity contribution is 0.0883. The molecule has 2 rings (SSSR count). The summed E-state index contributed by atoms with van der Waals surface area (Å²) in [5.74, 6) is -2.23. The van der Waals surface area contributed by atoms with Gasteiger partial charge in [0.25, 0.3) is 5.91 Å². The summed E-state index contributed by atoms with van der Waals surface area (Å²) in [5, 5.41) is 5.62. The third kappa shape index (κ3) is 3.81. The van der Waals surface area contributed by atoms with Crippen molar-refractivity contribution in [3.05, 3.63) is 34.4 Å². The number of halogens is 4. The van der Waals surface area contributed by atoms with E-state index in [1.807, 2.05) is 6.92 Å². The van der Waals surface area contributed by atoms with Crippen molar-refractivity contribution in [1.82, 2.24) is 10.6 Å². The van der Waals surface area contributed by atoms with E-state index in [-0.39, 0.29) is 23.0 Å². The second kappa shape index (κ2) is 6.70. The number of hydrogen-bond donors (Lipinski definition) is 2. The molecule has 112 valence electrons. The smallest absolute Gasteiger partial charge is 0.254 e. The fraction of sp³-hybridized carbons (Fsp3) is 0.462. The molecule has 1 fully saturated rings. The van der Waals surface area contributed by atoms with Crippen molar-refractivity contribution in [2.45, 2.75) is 25.3 Å². The molecule has 0 saturated carbocycles. The quantitative estimate of drug-likeness (QED) is 0.821. The number of carbonyl (C=O) groups is 1. The molecule has 7 heteroatoms. The Bertz CT molecular complexity index is 505. The fourth-order valence-corrected chi connectivity index (χ4v) is 2.29. The van der Waals surface area contributed by atoms with E-state index >= 15 is 0 Å². The Morgan fingerprint density at radius 2 is 1.90 bits per heavy atom. The van der Waals surface area contributed by atoms with Crippen LogP contribution in [0.15, 0.2) is 12.1 Å². The van der Waals surface area contributed by atoms with Gasteiger partial charge in [0.1, 0.15) is 11.6 Å². The minimum atomic E-state index is -0.818. The summed E-state index contributed by atoms with van der Waals surface area (Å²) in [6, 6.07) is 1.65. The van der Waals surface area contributed by atoms with Crippen LogP contribution in [0, 0.1) is 11.6 Å². The molecular formula is C13H16Cl2F2N2O. The average Bonchev–Trinajstić information content (AvgIpc) is 2.34. The summed E-state index contributed by atoms with van der Waals surface area (Å²) in [6.07, 6.45) is 1.49. The predicted octanol–water partition coefficient (Wildman–Crippen LogP) is 2.91. The van der Waals surface area contributed by atoms with Crippen molar-refractivity contribution in [3.63, 3.8) is 0 Å². The van der Waals surface area contributed by atoms with E-state index in [2.05, 4.69) is 10.6 Å². The van der Waals surface area contributed by atoms with Crippen molar-refractivity contribution in [3.8, 4) is 0 Å². The summed E-state index contributed by atoms with van der Waals surface area (Å²) in [7, 11) is 0. The standard InChI is InChI=1S/C13H15ClF2N2O.ClH/c1-13(2-4-17-5-3-13)18-12(19)8-6-11(16)9(14)7-10(8)15;/h6-7,17H,2-5H2,1H3,(H,18,19);1H. The van der Waals surface area contributed by atoms with E-state index < -0.39 is 23.1 Å². The Labute approximate surface area is 127 Å². The summed E-state index contributed by atoms with van der Waals surface area (Å²) in [5.41, 5.74) is -0.716. The van der Waals surface area contributed by atoms with E-state index in [4.69, 9.17) is 11.6 Å². The topological polar surface area (TPSA) is 41.1 Å². The van der Waals surface area contributed by atoms with Gasteiger partial charge in [-0.05, 0) is 45.0 Å². The minimum Gasteiger partial charge on any atom is -0.347 e. The predicted molar refractivity (Wildman–Crippen MR) is 76.6 cm³/mol. The van der Waals surface area contributed by atoms with Crippen molar-refractivity contribution < 1.29 is 13.6 Å². The van der Waals surface area contributed by atoms with Crippen molar-refractivity contribution in [2.75, 3.05) is 13.1 Å². The molecule has 0 unspecified atom stereocenters. The Morgan fingerprint density at radius 1 is 1.30 bits per heavy atom. The van der Waals surface area contributed by atoms with Gasteiger partial charge in [-0.2, -0.15) is 0 Å². The minimum absolute atomic E-state index is 0. The molecule has 1 aromatic rings. The molecule has 20 heavy (non-hydrogen) atoms. The van der Waals surface area contributed by atoms with Crippen LogP contribution in [0.4, 0.5) is 8.78 Å². The highest BCUT2D eigenvalue weighted by atomic mass is 35.5. The summed E-state index contributed by atoms with van der Waals surface area (Å²) in [4.78, 5) is 12.0. The van der Waals surface area contributed by atoms with E-state index in [0.29, 0.717) is 0 Å². The Kier molecular flexibility index (Phi) is 5.74. The van der Waals surface area contributed by atoms with Gasteiger partial charge in [0.2, 0.25) is 0 Å². The lowest BCUT2D eigenvalue weighted by Gasteiger charge is -2.35. The summed E-state index contributed by atoms with van der Waals surface area (Å²) >= 11 is 5.45. The van der Waals surface area contributed by atoms with Crippen LogP contribution in [-0.4, -0.2) is 24.5 Å². The Hall–Kier alpha value is -0.910. The van der Waals surface area contributed by atoms with Gasteiger partial charge in [0.05, 0.1) is 10.6 Å². The molecule has 1 heterocycles. The van der Waals surface area contributed by atoms with Crippen molar-refractivity contribution in [2.24, 2.45) is 0 Å². The molecule has 1 amide bonds. The number of piperidine rings is 1. The zero-order valence-corrected chi connectivity index (χ0v) is 12.5. The van der Waals surface area contributed by atoms with Crippen LogP contribution in [0.5, 0.6) is 0 Å². The van der Waals surface area contributed by atoms with E-state index in [1.165, 1.54) is 0 Å². The molecular weight excluding hydrogens is 309 g/mol. The van der Waals surface area contributed by atoms with E-state index in [9.17, 15) is 13.6 Å². The molecule has 0 aromatic heterocycles. The Morgan fingerprint density at radius 3 is 2.50 bits per heavy atom. The van der Waals surface area contributed by atoms with Crippen LogP contribution in [0.25, 0.3) is 0 Å². The normalized spacial score (nSPS) is 17.2. The molecule has 1 saturated heterocycles. The Balaban J connectivity index is 0.00000200. The maximum atomic E-state index is 13.6. The van der Waals surface area contributed by atoms with Gasteiger partial charge < -0.3 is 10.6 Å². The van der Waals surface area contributed by atoms with Gasteiger partial charge >= 0.3 is 0 Å². The molecule has 3 nitrogen and oxygen atoms in total. The highest BCUT2D eigenvalue weighted by Gasteiger charge is 2.29. The number of amides is 1. The maximum absolute atomic E-state index is 13.6. The van der Waals surface area contributed by atoms with Crippen molar-refractivity contribution in [1.29, 1.82) is 0 Å². The molecule has 0 aliphatic carbocycles. The lowest BCUT2D eigenvalue weighted by Crippen LogP contribution is -2.52. The fourth-order valence-electron chi connectivity index (χ4n) is 2.14. The van der Waals surface area contributed by atoms with Crippen LogP contribution in [0.1, 0.15) is 30.1 Å². The number of benzene rings is 1. The first-order valence-corrected chi connectivity index (χ1v) is 6.47. The molecule has 2 N–H and O–H groups in total. The number of nitrogens with one attached hydrogen (secondary N) is 2. The van der Waals surface area contributed by atoms with Gasteiger partial charge in [-0.3, -0.25) is 4.79 Å². The molecule has 1 aromatic carbocycles. The molecule has 0 bridgehead atoms. The third-order valence-electron chi connectivity index (χ3n) is 3.38. The summed E-state index contributed by atoms with van der Waals surface area (Å²) < 4.78 is 26.9. The van der Waals surface area contributed by atoms with Crippen LogP contribution >= 0.6 is 24.0 Å². The summed E-state index contributed by atoms with van der Waals surface area (Å²) in [6.45, 7) is 3.47. The monoisotopic (exact) mass is 324 g/mol. The molecule has 0 spiro atoms. The van der Waals surface area contributed by atoms with E-state index in [1.54, 1.807) is 0 Å². The van der Waals surface area contributed by atoms with Gasteiger partial charge in [0.15, 0.2) is 0 Å². The van der Waals surface area contributed by atoms with Gasteiger partial charge in [0, 0.05) is 5.54 Å². The SMILES string of the molecule is CC1(NC(=O)c2cc(F)c(Cl)cc2F)CCNCC1.Cl. The number of hydrogen-bond acceptors (Lipinski definition) is 2. The van der Waals surface area contributed by atoms with Crippen LogP contribution in [0.3, 0.4) is 0 Å². The van der Waals surface area contributed by atoms with E-state index in [0.717, 1.165) is 38.1 Å². The largest absolute Gasteiger partial charge is 0.347 e. The molecule has 1 aliphatic heterocycles. The number of carbonyl (C=O) groups excluding carboxylic acids is 1. The molecule has 0 atom stereocenters. The van der Waals surface area contributed by atoms with Gasteiger partial charge in [-0.25, -0.2) is 8.78 Å². The lowest BCUT2D eigenvalue weighted by atomic mass is 9.90. The molecule has 0 radical (unpaired) electrons. The van der Waals surface area contributed by atoms with Crippen LogP contribution in [0.2, 0.25) is 5.02 Å². The first-order chi connectivity index (χ1) is 8.91. The van der Waals surface area contributed by atoms with Gasteiger partial charge in [-0.1, -0.05) is 11.6 Å². The maximum Gasteiger partial charge on any atom is 0.254 e. The second-order valence-corrected chi connectivity index (χ2v) is 5.42. The highest BCUT2D eigenvalue weighted by Crippen LogP contribution is 2.22. The first kappa shape index (κ1) is 17.1. The highest BCUT2D eigenvalue weighted by molar-refractivity contribution is 6.30. The average molecular weight is 325 g/mol. The second-order valence-electron chi connectivity index (χ2n) is 5.01.